The molecule has 2 bridgehead atoms. The lowest BCUT2D eigenvalue weighted by Gasteiger charge is -2.60. The van der Waals surface area contributed by atoms with Gasteiger partial charge in [0.1, 0.15) is 5.66 Å². The van der Waals surface area contributed by atoms with Crippen molar-refractivity contribution in [3.63, 3.8) is 0 Å². The molecule has 3 N–H and O–H groups in total. The van der Waals surface area contributed by atoms with Gasteiger partial charge in [-0.2, -0.15) is 0 Å². The summed E-state index contributed by atoms with van der Waals surface area (Å²) >= 11 is 0. The van der Waals surface area contributed by atoms with Crippen LogP contribution in [-0.2, 0) is 11.2 Å². The maximum Gasteiger partial charge on any atom is 0.255 e. The first kappa shape index (κ1) is 19.2. The van der Waals surface area contributed by atoms with Crippen molar-refractivity contribution in [2.24, 2.45) is 17.3 Å². The van der Waals surface area contributed by atoms with E-state index in [9.17, 15) is 9.59 Å². The molecular weight excluding hydrogens is 374 g/mol. The van der Waals surface area contributed by atoms with Gasteiger partial charge in [0.2, 0.25) is 5.91 Å². The molecule has 30 heavy (non-hydrogen) atoms. The van der Waals surface area contributed by atoms with E-state index in [0.29, 0.717) is 12.1 Å². The molecule has 2 amide bonds. The molecule has 5 heteroatoms. The first-order chi connectivity index (χ1) is 14.5. The zero-order valence-electron chi connectivity index (χ0n) is 17.4. The second kappa shape index (κ2) is 7.15. The molecule has 1 aliphatic heterocycles. The van der Waals surface area contributed by atoms with Crippen LogP contribution in [0.3, 0.4) is 0 Å². The van der Waals surface area contributed by atoms with Crippen LogP contribution in [-0.4, -0.2) is 24.0 Å². The molecule has 3 fully saturated rings. The van der Waals surface area contributed by atoms with E-state index < -0.39 is 5.66 Å². The largest absolute Gasteiger partial charge is 0.362 e. The van der Waals surface area contributed by atoms with Crippen molar-refractivity contribution in [1.29, 1.82) is 0 Å². The molecule has 3 unspecified atom stereocenters. The number of benzene rings is 2. The molecule has 4 aliphatic rings. The Morgan fingerprint density at radius 1 is 1.10 bits per heavy atom. The standard InChI is InChI=1S/C25H29N3O2/c1-24-13-11-18(15-20(24)23(30)26-14-12-17-7-3-2-4-8-17)25(16-24)27-21-10-6-5-9-19(21)22(29)28-25/h2-10,18,20,27H,11-16H2,1H3,(H,26,30)(H,28,29)/t18?,20?,24?,25-/m0/s1. The topological polar surface area (TPSA) is 70.2 Å². The van der Waals surface area contributed by atoms with Crippen LogP contribution in [0.5, 0.6) is 0 Å². The molecule has 0 radical (unpaired) electrons. The quantitative estimate of drug-likeness (QED) is 0.729. The van der Waals surface area contributed by atoms with Gasteiger partial charge in [0.25, 0.3) is 5.91 Å². The Kier molecular flexibility index (Phi) is 4.57. The number of carbonyl (C=O) groups is 2. The fourth-order valence-electron chi connectivity index (χ4n) is 5.95. The highest BCUT2D eigenvalue weighted by Crippen LogP contribution is 2.58. The highest BCUT2D eigenvalue weighted by Gasteiger charge is 2.60. The number of carbonyl (C=O) groups excluding carboxylic acids is 2. The number of hydrogen-bond acceptors (Lipinski definition) is 3. The van der Waals surface area contributed by atoms with E-state index in [0.717, 1.165) is 37.8 Å². The van der Waals surface area contributed by atoms with Gasteiger partial charge in [-0.05, 0) is 55.2 Å². The molecule has 1 heterocycles. The molecule has 0 aromatic heterocycles. The second-order valence-electron chi connectivity index (χ2n) is 9.48. The molecule has 2 aromatic carbocycles. The van der Waals surface area contributed by atoms with Gasteiger partial charge in [0.15, 0.2) is 0 Å². The maximum atomic E-state index is 13.1. The SMILES string of the molecule is CC12CCC(CC1C(=O)NCCc1ccccc1)[C@]1(C2)NC(=O)c2ccccc2N1. The zero-order valence-corrected chi connectivity index (χ0v) is 17.4. The van der Waals surface area contributed by atoms with Crippen LogP contribution in [0.4, 0.5) is 5.69 Å². The average Bonchev–Trinajstić information content (AvgIpc) is 2.74. The molecular formula is C25H29N3O2. The summed E-state index contributed by atoms with van der Waals surface area (Å²) in [7, 11) is 0. The van der Waals surface area contributed by atoms with Gasteiger partial charge < -0.3 is 16.0 Å². The number of amides is 2. The average molecular weight is 404 g/mol. The molecule has 6 rings (SSSR count). The molecule has 2 aromatic rings. The van der Waals surface area contributed by atoms with Crippen molar-refractivity contribution in [3.8, 4) is 0 Å². The van der Waals surface area contributed by atoms with Gasteiger partial charge >= 0.3 is 0 Å². The molecule has 3 aliphatic carbocycles. The predicted molar refractivity (Wildman–Crippen MR) is 117 cm³/mol. The number of para-hydroxylation sites is 1. The molecule has 1 spiro atoms. The van der Waals surface area contributed by atoms with Crippen molar-refractivity contribution in [2.75, 3.05) is 11.9 Å². The Labute approximate surface area is 177 Å². The van der Waals surface area contributed by atoms with Gasteiger partial charge in [-0.15, -0.1) is 0 Å². The van der Waals surface area contributed by atoms with Crippen LogP contribution >= 0.6 is 0 Å². The van der Waals surface area contributed by atoms with Gasteiger partial charge in [-0.1, -0.05) is 49.4 Å². The zero-order chi connectivity index (χ0) is 20.8. The van der Waals surface area contributed by atoms with Gasteiger partial charge in [0, 0.05) is 24.1 Å². The number of anilines is 1. The smallest absolute Gasteiger partial charge is 0.255 e. The van der Waals surface area contributed by atoms with Crippen LogP contribution in [0.1, 0.15) is 48.5 Å². The van der Waals surface area contributed by atoms with Crippen LogP contribution in [0.15, 0.2) is 54.6 Å². The summed E-state index contributed by atoms with van der Waals surface area (Å²) in [5.41, 5.74) is 2.27. The Morgan fingerprint density at radius 2 is 1.87 bits per heavy atom. The summed E-state index contributed by atoms with van der Waals surface area (Å²) in [5, 5.41) is 10.1. The van der Waals surface area contributed by atoms with Crippen molar-refractivity contribution < 1.29 is 9.59 Å². The second-order valence-corrected chi connectivity index (χ2v) is 9.48. The summed E-state index contributed by atoms with van der Waals surface area (Å²) < 4.78 is 0. The lowest BCUT2D eigenvalue weighted by molar-refractivity contribution is -0.139. The Balaban J connectivity index is 1.29. The van der Waals surface area contributed by atoms with Crippen LogP contribution in [0, 0.1) is 17.3 Å². The van der Waals surface area contributed by atoms with E-state index in [2.05, 4.69) is 35.0 Å². The van der Waals surface area contributed by atoms with Crippen molar-refractivity contribution in [1.82, 2.24) is 10.6 Å². The third-order valence-electron chi connectivity index (χ3n) is 7.54. The number of fused-ring (bicyclic) bond motifs is 3. The van der Waals surface area contributed by atoms with Crippen LogP contribution in [0.25, 0.3) is 0 Å². The predicted octanol–water partition coefficient (Wildman–Crippen LogP) is 3.72. The first-order valence-corrected chi connectivity index (χ1v) is 11.0. The monoisotopic (exact) mass is 403 g/mol. The molecule has 5 nitrogen and oxygen atoms in total. The summed E-state index contributed by atoms with van der Waals surface area (Å²) in [6, 6.07) is 17.9. The Bertz CT molecular complexity index is 975. The van der Waals surface area contributed by atoms with Crippen LogP contribution in [0.2, 0.25) is 0 Å². The molecule has 156 valence electrons. The Morgan fingerprint density at radius 3 is 2.67 bits per heavy atom. The fraction of sp³-hybridized carbons (Fsp3) is 0.440. The highest BCUT2D eigenvalue weighted by atomic mass is 16.2. The number of nitrogens with one attached hydrogen (secondary N) is 3. The van der Waals surface area contributed by atoms with E-state index in [1.165, 1.54) is 5.56 Å². The van der Waals surface area contributed by atoms with Crippen LogP contribution < -0.4 is 16.0 Å². The Hall–Kier alpha value is -2.82. The molecule has 4 atom stereocenters. The lowest BCUT2D eigenvalue weighted by atomic mass is 9.51. The van der Waals surface area contributed by atoms with E-state index in [1.54, 1.807) is 0 Å². The van der Waals surface area contributed by atoms with Gasteiger partial charge in [-0.25, -0.2) is 0 Å². The van der Waals surface area contributed by atoms with E-state index in [4.69, 9.17) is 0 Å². The summed E-state index contributed by atoms with van der Waals surface area (Å²) in [5.74, 6) is 0.398. The minimum atomic E-state index is -0.445. The fourth-order valence-corrected chi connectivity index (χ4v) is 5.95. The van der Waals surface area contributed by atoms with E-state index in [-0.39, 0.29) is 29.1 Å². The number of rotatable bonds is 4. The van der Waals surface area contributed by atoms with Crippen molar-refractivity contribution in [2.45, 2.75) is 44.7 Å². The summed E-state index contributed by atoms with van der Waals surface area (Å²) in [4.78, 5) is 25.9. The third-order valence-corrected chi connectivity index (χ3v) is 7.54. The van der Waals surface area contributed by atoms with Crippen molar-refractivity contribution >= 4 is 17.5 Å². The van der Waals surface area contributed by atoms with Gasteiger partial charge in [-0.3, -0.25) is 9.59 Å². The highest BCUT2D eigenvalue weighted by molar-refractivity contribution is 6.02. The summed E-state index contributed by atoms with van der Waals surface area (Å²) in [6.07, 6.45) is 4.48. The minimum Gasteiger partial charge on any atom is -0.362 e. The van der Waals surface area contributed by atoms with Gasteiger partial charge in [0.05, 0.1) is 5.56 Å². The molecule has 3 saturated carbocycles. The lowest BCUT2D eigenvalue weighted by Crippen LogP contribution is -2.70. The molecule has 0 saturated heterocycles. The maximum absolute atomic E-state index is 13.1. The third kappa shape index (κ3) is 3.17. The minimum absolute atomic E-state index is 0.00600. The van der Waals surface area contributed by atoms with Crippen molar-refractivity contribution in [3.05, 3.63) is 65.7 Å². The van der Waals surface area contributed by atoms with E-state index >= 15 is 0 Å². The normalized spacial score (nSPS) is 31.6. The van der Waals surface area contributed by atoms with E-state index in [1.807, 2.05) is 42.5 Å². The number of hydrogen-bond donors (Lipinski definition) is 3. The summed E-state index contributed by atoms with van der Waals surface area (Å²) in [6.45, 7) is 2.88. The first-order valence-electron chi connectivity index (χ1n) is 11.0.